The minimum atomic E-state index is -0.311. The van der Waals surface area contributed by atoms with E-state index in [-0.39, 0.29) is 11.4 Å². The minimum absolute atomic E-state index is 0. The van der Waals surface area contributed by atoms with Crippen LogP contribution in [0.1, 0.15) is 10.4 Å². The quantitative estimate of drug-likeness (QED) is 0.550. The standard InChI is InChI=1S/C8H7O2.H2O/c1-10-8(9)7-5-3-2-4-6-7;/h3-6H,1H3;1H2. The second-order valence-electron chi connectivity index (χ2n) is 1.78. The molecule has 2 N–H and O–H groups in total. The zero-order chi connectivity index (χ0) is 7.40. The predicted octanol–water partition coefficient (Wildman–Crippen LogP) is 0.449. The molecule has 3 heteroatoms. The second kappa shape index (κ2) is 4.46. The molecule has 0 amide bonds. The molecule has 0 heterocycles. The maximum Gasteiger partial charge on any atom is 0.337 e. The average molecular weight is 153 g/mol. The molecular formula is C8H9O3. The Morgan fingerprint density at radius 2 is 2.00 bits per heavy atom. The van der Waals surface area contributed by atoms with E-state index in [1.165, 1.54) is 7.11 Å². The SMILES string of the molecule is COC(=O)c1cc[c]cc1.O. The van der Waals surface area contributed by atoms with E-state index < -0.39 is 0 Å². The van der Waals surface area contributed by atoms with Gasteiger partial charge < -0.3 is 10.2 Å². The highest BCUT2D eigenvalue weighted by Gasteiger charge is 2.00. The summed E-state index contributed by atoms with van der Waals surface area (Å²) in [5.74, 6) is -0.311. The molecule has 0 saturated carbocycles. The van der Waals surface area contributed by atoms with Crippen molar-refractivity contribution >= 4 is 5.97 Å². The highest BCUT2D eigenvalue weighted by Crippen LogP contribution is 1.98. The summed E-state index contributed by atoms with van der Waals surface area (Å²) >= 11 is 0. The Hall–Kier alpha value is -1.35. The molecule has 0 aliphatic heterocycles. The van der Waals surface area contributed by atoms with Gasteiger partial charge in [-0.2, -0.15) is 0 Å². The Kier molecular flexibility index (Phi) is 3.92. The molecule has 0 aromatic heterocycles. The van der Waals surface area contributed by atoms with Crippen molar-refractivity contribution in [2.45, 2.75) is 0 Å². The van der Waals surface area contributed by atoms with E-state index >= 15 is 0 Å². The van der Waals surface area contributed by atoms with Gasteiger partial charge in [0, 0.05) is 0 Å². The number of rotatable bonds is 1. The first-order valence-corrected chi connectivity index (χ1v) is 2.89. The van der Waals surface area contributed by atoms with E-state index in [2.05, 4.69) is 10.8 Å². The van der Waals surface area contributed by atoms with Crippen LogP contribution in [0.2, 0.25) is 0 Å². The number of hydrogen-bond acceptors (Lipinski definition) is 2. The fourth-order valence-electron chi connectivity index (χ4n) is 0.641. The molecule has 1 rings (SSSR count). The Labute approximate surface area is 64.9 Å². The molecule has 11 heavy (non-hydrogen) atoms. The van der Waals surface area contributed by atoms with Gasteiger partial charge in [-0.15, -0.1) is 0 Å². The van der Waals surface area contributed by atoms with Crippen LogP contribution in [0.25, 0.3) is 0 Å². The van der Waals surface area contributed by atoms with Crippen LogP contribution in [0.15, 0.2) is 24.3 Å². The second-order valence-corrected chi connectivity index (χ2v) is 1.78. The molecule has 59 valence electrons. The van der Waals surface area contributed by atoms with E-state index in [0.29, 0.717) is 5.56 Å². The third-order valence-electron chi connectivity index (χ3n) is 1.14. The smallest absolute Gasteiger partial charge is 0.337 e. The summed E-state index contributed by atoms with van der Waals surface area (Å²) in [4.78, 5) is 10.8. The van der Waals surface area contributed by atoms with Crippen LogP contribution in [0.4, 0.5) is 0 Å². The molecule has 0 atom stereocenters. The monoisotopic (exact) mass is 153 g/mol. The molecule has 1 aromatic carbocycles. The lowest BCUT2D eigenvalue weighted by atomic mass is 10.2. The van der Waals surface area contributed by atoms with Crippen molar-refractivity contribution in [3.63, 3.8) is 0 Å². The zero-order valence-electron chi connectivity index (χ0n) is 6.13. The number of ether oxygens (including phenoxy) is 1. The third kappa shape index (κ3) is 2.39. The van der Waals surface area contributed by atoms with Crippen molar-refractivity contribution in [1.29, 1.82) is 0 Å². The topological polar surface area (TPSA) is 57.8 Å². The number of benzene rings is 1. The van der Waals surface area contributed by atoms with Crippen LogP contribution >= 0.6 is 0 Å². The lowest BCUT2D eigenvalue weighted by molar-refractivity contribution is 0.0600. The van der Waals surface area contributed by atoms with Gasteiger partial charge in [0.2, 0.25) is 0 Å². The number of hydrogen-bond donors (Lipinski definition) is 0. The highest BCUT2D eigenvalue weighted by molar-refractivity contribution is 5.89. The van der Waals surface area contributed by atoms with Gasteiger partial charge in [0.25, 0.3) is 0 Å². The number of carbonyl (C=O) groups is 1. The minimum Gasteiger partial charge on any atom is -0.465 e. The molecule has 0 spiro atoms. The maximum absolute atomic E-state index is 10.8. The van der Waals surface area contributed by atoms with Gasteiger partial charge in [0.05, 0.1) is 12.7 Å². The Morgan fingerprint density at radius 3 is 2.45 bits per heavy atom. The van der Waals surface area contributed by atoms with Gasteiger partial charge in [-0.05, 0) is 18.2 Å². The third-order valence-corrected chi connectivity index (χ3v) is 1.14. The lowest BCUT2D eigenvalue weighted by Gasteiger charge is -1.95. The molecule has 1 radical (unpaired) electrons. The molecule has 0 aliphatic carbocycles. The van der Waals surface area contributed by atoms with Gasteiger partial charge in [0.1, 0.15) is 0 Å². The zero-order valence-corrected chi connectivity index (χ0v) is 6.13. The van der Waals surface area contributed by atoms with Crippen molar-refractivity contribution in [2.75, 3.05) is 7.11 Å². The van der Waals surface area contributed by atoms with Crippen molar-refractivity contribution in [1.82, 2.24) is 0 Å². The summed E-state index contributed by atoms with van der Waals surface area (Å²) in [6.45, 7) is 0. The molecule has 0 unspecified atom stereocenters. The summed E-state index contributed by atoms with van der Waals surface area (Å²) in [6.07, 6.45) is 0. The van der Waals surface area contributed by atoms with Crippen LogP contribution in [0.5, 0.6) is 0 Å². The highest BCUT2D eigenvalue weighted by atomic mass is 16.5. The van der Waals surface area contributed by atoms with Crippen molar-refractivity contribution in [3.05, 3.63) is 35.9 Å². The molecule has 0 fully saturated rings. The molecule has 0 aliphatic rings. The summed E-state index contributed by atoms with van der Waals surface area (Å²) in [5.41, 5.74) is 0.557. The van der Waals surface area contributed by atoms with Crippen LogP contribution in [-0.4, -0.2) is 18.6 Å². The van der Waals surface area contributed by atoms with Gasteiger partial charge in [-0.1, -0.05) is 12.1 Å². The van der Waals surface area contributed by atoms with Crippen molar-refractivity contribution in [3.8, 4) is 0 Å². The fourth-order valence-corrected chi connectivity index (χ4v) is 0.641. The van der Waals surface area contributed by atoms with E-state index in [4.69, 9.17) is 0 Å². The normalized spacial score (nSPS) is 8.09. The number of methoxy groups -OCH3 is 1. The fraction of sp³-hybridized carbons (Fsp3) is 0.125. The van der Waals surface area contributed by atoms with Crippen LogP contribution in [0, 0.1) is 6.07 Å². The Balaban J connectivity index is 0.000001000. The molecule has 1 aromatic rings. The summed E-state index contributed by atoms with van der Waals surface area (Å²) in [7, 11) is 1.36. The molecule has 0 saturated heterocycles. The van der Waals surface area contributed by atoms with Crippen molar-refractivity contribution < 1.29 is 15.0 Å². The summed E-state index contributed by atoms with van der Waals surface area (Å²) in [5, 5.41) is 0. The van der Waals surface area contributed by atoms with Crippen molar-refractivity contribution in [2.24, 2.45) is 0 Å². The van der Waals surface area contributed by atoms with Gasteiger partial charge >= 0.3 is 5.97 Å². The van der Waals surface area contributed by atoms with Crippen LogP contribution in [0.3, 0.4) is 0 Å². The van der Waals surface area contributed by atoms with Crippen LogP contribution < -0.4 is 0 Å². The van der Waals surface area contributed by atoms with Gasteiger partial charge in [-0.25, -0.2) is 4.79 Å². The first kappa shape index (κ1) is 9.65. The van der Waals surface area contributed by atoms with E-state index in [1.54, 1.807) is 24.3 Å². The van der Waals surface area contributed by atoms with E-state index in [1.807, 2.05) is 0 Å². The first-order chi connectivity index (χ1) is 4.84. The van der Waals surface area contributed by atoms with E-state index in [9.17, 15) is 4.79 Å². The largest absolute Gasteiger partial charge is 0.465 e. The first-order valence-electron chi connectivity index (χ1n) is 2.89. The Bertz CT molecular complexity index is 218. The number of carbonyl (C=O) groups excluding carboxylic acids is 1. The molecule has 3 nitrogen and oxygen atoms in total. The summed E-state index contributed by atoms with van der Waals surface area (Å²) < 4.78 is 4.48. The average Bonchev–Trinajstić information content (AvgIpc) is 2.05. The maximum atomic E-state index is 10.8. The number of esters is 1. The van der Waals surface area contributed by atoms with E-state index in [0.717, 1.165) is 0 Å². The van der Waals surface area contributed by atoms with Crippen LogP contribution in [-0.2, 0) is 4.74 Å². The molecule has 0 bridgehead atoms. The lowest BCUT2D eigenvalue weighted by Crippen LogP contribution is -1.99. The predicted molar refractivity (Wildman–Crippen MR) is 40.2 cm³/mol. The molecular weight excluding hydrogens is 144 g/mol. The van der Waals surface area contributed by atoms with Gasteiger partial charge in [0.15, 0.2) is 0 Å². The summed E-state index contributed by atoms with van der Waals surface area (Å²) in [6, 6.07) is 9.47. The Morgan fingerprint density at radius 1 is 1.45 bits per heavy atom. The van der Waals surface area contributed by atoms with Gasteiger partial charge in [-0.3, -0.25) is 0 Å².